The molecule has 2 aromatic carbocycles. The average Bonchev–Trinajstić information content (AvgIpc) is 3.16. The van der Waals surface area contributed by atoms with Crippen LogP contribution in [0.3, 0.4) is 0 Å². The number of alkyl halides is 3. The number of hydrogen-bond acceptors (Lipinski definition) is 6. The molecule has 1 aliphatic heterocycles. The molecule has 204 valence electrons. The number of carbonyl (C=O) groups is 4. The topological polar surface area (TPSA) is 101 Å². The van der Waals surface area contributed by atoms with Gasteiger partial charge in [-0.15, -0.1) is 13.2 Å². The highest BCUT2D eigenvalue weighted by Gasteiger charge is 2.57. The number of phenols is 1. The maximum Gasteiger partial charge on any atom is 0.573 e. The molecular weight excluding hydrogens is 595 g/mol. The Bertz CT molecular complexity index is 1590. The van der Waals surface area contributed by atoms with Crippen LogP contribution < -0.4 is 9.64 Å². The van der Waals surface area contributed by atoms with Crippen LogP contribution >= 0.6 is 15.9 Å². The standard InChI is InChI=1S/C29H19BrF3NO6/c30-20-12-22(36)25-19(26(20)37)11-17-15(23(25)18-10-14(6-9-21(18)35)40-29(31,32)33)7-8-16-24(17)28(39)34(27(16)38)13-4-2-1-3-5-13/h1-7,9-10,12,16-17,23-24,35H,8,11H2. The van der Waals surface area contributed by atoms with Crippen molar-refractivity contribution >= 4 is 45.0 Å². The Morgan fingerprint density at radius 1 is 0.975 bits per heavy atom. The Hall–Kier alpha value is -3.99. The summed E-state index contributed by atoms with van der Waals surface area (Å²) in [6.45, 7) is 0. The lowest BCUT2D eigenvalue weighted by molar-refractivity contribution is -0.274. The summed E-state index contributed by atoms with van der Waals surface area (Å²) in [6.07, 6.45) is -2.08. The van der Waals surface area contributed by atoms with Crippen molar-refractivity contribution in [2.24, 2.45) is 17.8 Å². The van der Waals surface area contributed by atoms with Crippen LogP contribution in [0, 0.1) is 17.8 Å². The lowest BCUT2D eigenvalue weighted by Crippen LogP contribution is -2.39. The van der Waals surface area contributed by atoms with Crippen molar-refractivity contribution < 1.29 is 42.2 Å². The van der Waals surface area contributed by atoms with Crippen molar-refractivity contribution in [1.29, 1.82) is 0 Å². The van der Waals surface area contributed by atoms with Gasteiger partial charge in [0.25, 0.3) is 0 Å². The van der Waals surface area contributed by atoms with Crippen molar-refractivity contribution in [3.63, 3.8) is 0 Å². The summed E-state index contributed by atoms with van der Waals surface area (Å²) in [7, 11) is 0. The minimum Gasteiger partial charge on any atom is -0.508 e. The summed E-state index contributed by atoms with van der Waals surface area (Å²) in [6, 6.07) is 11.4. The van der Waals surface area contributed by atoms with Crippen molar-refractivity contribution in [2.75, 3.05) is 4.90 Å². The molecule has 11 heteroatoms. The number of nitrogens with zero attached hydrogens (tertiary/aromatic N) is 1. The number of halogens is 4. The van der Waals surface area contributed by atoms with E-state index >= 15 is 0 Å². The van der Waals surface area contributed by atoms with E-state index in [9.17, 15) is 37.5 Å². The second-order valence-corrected chi connectivity index (χ2v) is 10.9. The molecule has 1 fully saturated rings. The quantitative estimate of drug-likeness (QED) is 0.288. The molecule has 0 saturated carbocycles. The van der Waals surface area contributed by atoms with Gasteiger partial charge in [0, 0.05) is 28.7 Å². The molecule has 0 radical (unpaired) electrons. The van der Waals surface area contributed by atoms with Gasteiger partial charge in [0.15, 0.2) is 11.6 Å². The molecule has 2 aromatic rings. The molecule has 1 heterocycles. The van der Waals surface area contributed by atoms with Gasteiger partial charge in [-0.3, -0.25) is 24.1 Å². The first-order valence-electron chi connectivity index (χ1n) is 12.4. The molecule has 7 nitrogen and oxygen atoms in total. The zero-order chi connectivity index (χ0) is 28.5. The third-order valence-electron chi connectivity index (χ3n) is 7.89. The number of ether oxygens (including phenoxy) is 1. The third-order valence-corrected chi connectivity index (χ3v) is 8.48. The highest BCUT2D eigenvalue weighted by Crippen LogP contribution is 2.56. The molecule has 2 amide bonds. The summed E-state index contributed by atoms with van der Waals surface area (Å²) in [4.78, 5) is 54.9. The molecule has 3 aliphatic carbocycles. The first-order chi connectivity index (χ1) is 19.0. The van der Waals surface area contributed by atoms with Gasteiger partial charge in [0.2, 0.25) is 11.8 Å². The molecular formula is C29H19BrF3NO6. The number of carbonyl (C=O) groups excluding carboxylic acids is 4. The summed E-state index contributed by atoms with van der Waals surface area (Å²) >= 11 is 3.12. The molecule has 0 aromatic heterocycles. The highest BCUT2D eigenvalue weighted by atomic mass is 79.9. The van der Waals surface area contributed by atoms with Gasteiger partial charge in [0.1, 0.15) is 11.5 Å². The highest BCUT2D eigenvalue weighted by molar-refractivity contribution is 9.12. The Morgan fingerprint density at radius 3 is 2.40 bits per heavy atom. The summed E-state index contributed by atoms with van der Waals surface area (Å²) in [5, 5.41) is 10.8. The number of hydrogen-bond donors (Lipinski definition) is 1. The van der Waals surface area contributed by atoms with Crippen molar-refractivity contribution in [3.8, 4) is 11.5 Å². The number of imide groups is 1. The second-order valence-electron chi connectivity index (χ2n) is 10.0. The normalized spacial score (nSPS) is 26.2. The van der Waals surface area contributed by atoms with Crippen LogP contribution in [0.5, 0.6) is 11.5 Å². The van der Waals surface area contributed by atoms with Crippen LogP contribution in [0.25, 0.3) is 0 Å². The van der Waals surface area contributed by atoms with E-state index in [4.69, 9.17) is 0 Å². The van der Waals surface area contributed by atoms with E-state index in [0.717, 1.165) is 29.2 Å². The van der Waals surface area contributed by atoms with Crippen LogP contribution in [0.15, 0.2) is 81.9 Å². The van der Waals surface area contributed by atoms with E-state index in [1.807, 2.05) is 0 Å². The number of phenolic OH excluding ortho intramolecular Hbond substituents is 1. The Balaban J connectivity index is 1.50. The summed E-state index contributed by atoms with van der Waals surface area (Å²) in [5.41, 5.74) is 0.929. The summed E-state index contributed by atoms with van der Waals surface area (Å²) in [5.74, 6) is -6.35. The van der Waals surface area contributed by atoms with E-state index in [1.54, 1.807) is 36.4 Å². The zero-order valence-electron chi connectivity index (χ0n) is 20.4. The van der Waals surface area contributed by atoms with E-state index in [0.29, 0.717) is 11.3 Å². The van der Waals surface area contributed by atoms with Gasteiger partial charge in [0.05, 0.1) is 22.0 Å². The van der Waals surface area contributed by atoms with Gasteiger partial charge in [-0.25, -0.2) is 0 Å². The molecule has 4 aliphatic rings. The maximum absolute atomic E-state index is 13.8. The fourth-order valence-corrected chi connectivity index (χ4v) is 6.80. The third kappa shape index (κ3) is 4.11. The van der Waals surface area contributed by atoms with Gasteiger partial charge >= 0.3 is 6.36 Å². The van der Waals surface area contributed by atoms with Crippen molar-refractivity contribution in [2.45, 2.75) is 25.1 Å². The lowest BCUT2D eigenvalue weighted by atomic mass is 9.59. The van der Waals surface area contributed by atoms with Gasteiger partial charge < -0.3 is 9.84 Å². The van der Waals surface area contributed by atoms with Crippen LogP contribution in [-0.4, -0.2) is 34.8 Å². The van der Waals surface area contributed by atoms with E-state index in [2.05, 4.69) is 20.7 Å². The number of rotatable bonds is 3. The molecule has 4 atom stereocenters. The second kappa shape index (κ2) is 9.29. The number of amides is 2. The predicted molar refractivity (Wildman–Crippen MR) is 138 cm³/mol. The summed E-state index contributed by atoms with van der Waals surface area (Å²) < 4.78 is 43.1. The van der Waals surface area contributed by atoms with Crippen LogP contribution in [0.4, 0.5) is 18.9 Å². The van der Waals surface area contributed by atoms with Gasteiger partial charge in [-0.05, 0) is 65.0 Å². The maximum atomic E-state index is 13.8. The number of para-hydroxylation sites is 1. The molecule has 6 rings (SSSR count). The Labute approximate surface area is 233 Å². The Kier molecular flexibility index (Phi) is 6.10. The first-order valence-corrected chi connectivity index (χ1v) is 13.2. The minimum absolute atomic E-state index is 0.00732. The van der Waals surface area contributed by atoms with Crippen molar-refractivity contribution in [3.05, 3.63) is 87.4 Å². The predicted octanol–water partition coefficient (Wildman–Crippen LogP) is 5.26. The fraction of sp³-hybridized carbons (Fsp3) is 0.241. The number of aromatic hydroxyl groups is 1. The number of allylic oxidation sites excluding steroid dienone is 6. The average molecular weight is 614 g/mol. The number of benzene rings is 2. The van der Waals surface area contributed by atoms with Crippen LogP contribution in [-0.2, 0) is 19.2 Å². The number of fused-ring (bicyclic) bond motifs is 3. The van der Waals surface area contributed by atoms with E-state index < -0.39 is 59.0 Å². The molecule has 0 spiro atoms. The fourth-order valence-electron chi connectivity index (χ4n) is 6.35. The zero-order valence-corrected chi connectivity index (χ0v) is 22.0. The molecule has 40 heavy (non-hydrogen) atoms. The van der Waals surface area contributed by atoms with E-state index in [1.165, 1.54) is 0 Å². The van der Waals surface area contributed by atoms with Crippen LogP contribution in [0.1, 0.15) is 24.3 Å². The molecule has 1 N–H and O–H groups in total. The number of Topliss-reactive ketones (excluding diaryl/α,β-unsaturated/α-hetero) is 1. The van der Waals surface area contributed by atoms with E-state index in [-0.39, 0.29) is 39.9 Å². The SMILES string of the molecule is O=C1C=C(Br)C(=O)C2=C1C(c1cc(OC(F)(F)F)ccc1O)C1=CCC3C(=O)N(c4ccccc4)C(=O)C3C1C2. The minimum atomic E-state index is -5.01. The van der Waals surface area contributed by atoms with Crippen molar-refractivity contribution in [1.82, 2.24) is 0 Å². The van der Waals surface area contributed by atoms with Crippen LogP contribution in [0.2, 0.25) is 0 Å². The van der Waals surface area contributed by atoms with Gasteiger partial charge in [-0.2, -0.15) is 0 Å². The first kappa shape index (κ1) is 26.2. The monoisotopic (exact) mass is 613 g/mol. The number of anilines is 1. The lowest BCUT2D eigenvalue weighted by Gasteiger charge is -2.42. The molecule has 1 saturated heterocycles. The number of ketones is 2. The molecule has 0 bridgehead atoms. The largest absolute Gasteiger partial charge is 0.573 e. The molecule has 4 unspecified atom stereocenters. The smallest absolute Gasteiger partial charge is 0.508 e. The van der Waals surface area contributed by atoms with Gasteiger partial charge in [-0.1, -0.05) is 29.8 Å². The Morgan fingerprint density at radius 2 is 1.70 bits per heavy atom.